The Kier molecular flexibility index (Phi) is 5.47. The predicted octanol–water partition coefficient (Wildman–Crippen LogP) is 3.50. The third kappa shape index (κ3) is 3.96. The van der Waals surface area contributed by atoms with Gasteiger partial charge in [-0.15, -0.1) is 11.3 Å². The zero-order valence-corrected chi connectivity index (χ0v) is 17.3. The van der Waals surface area contributed by atoms with Crippen molar-refractivity contribution in [3.05, 3.63) is 34.8 Å². The Hall–Kier alpha value is -2.23. The Labute approximate surface area is 171 Å². The van der Waals surface area contributed by atoms with Crippen LogP contribution in [0, 0.1) is 5.92 Å². The van der Waals surface area contributed by atoms with Crippen molar-refractivity contribution >= 4 is 50.9 Å². The maximum Gasteiger partial charge on any atom is 0.236 e. The van der Waals surface area contributed by atoms with E-state index in [1.165, 1.54) is 22.2 Å². The van der Waals surface area contributed by atoms with Crippen molar-refractivity contribution in [1.82, 2.24) is 15.0 Å². The fraction of sp³-hybridized carbons (Fsp3) is 0.368. The van der Waals surface area contributed by atoms with Crippen molar-refractivity contribution in [2.24, 2.45) is 5.92 Å². The van der Waals surface area contributed by atoms with Gasteiger partial charge < -0.3 is 15.8 Å². The number of carbonyl (C=O) groups is 1. The number of pyridine rings is 1. The average Bonchev–Trinajstić information content (AvgIpc) is 3.05. The molecule has 0 spiro atoms. The molecule has 4 heterocycles. The summed E-state index contributed by atoms with van der Waals surface area (Å²) < 4.78 is 5.96. The Morgan fingerprint density at radius 2 is 2.29 bits per heavy atom. The van der Waals surface area contributed by atoms with Crippen LogP contribution in [0.3, 0.4) is 0 Å². The van der Waals surface area contributed by atoms with Crippen LogP contribution in [0.2, 0.25) is 0 Å². The summed E-state index contributed by atoms with van der Waals surface area (Å²) in [5.41, 5.74) is 7.48. The van der Waals surface area contributed by atoms with E-state index < -0.39 is 0 Å². The summed E-state index contributed by atoms with van der Waals surface area (Å²) in [6.07, 6.45) is 2.65. The molecule has 0 aromatic carbocycles. The molecular weight excluding hydrogens is 394 g/mol. The first-order valence-corrected chi connectivity index (χ1v) is 10.8. The molecular formula is C19H21N5O2S2. The van der Waals surface area contributed by atoms with Crippen LogP contribution in [0.5, 0.6) is 0 Å². The molecule has 146 valence electrons. The summed E-state index contributed by atoms with van der Waals surface area (Å²) >= 11 is 2.86. The van der Waals surface area contributed by atoms with E-state index in [0.29, 0.717) is 29.3 Å². The third-order valence-corrected chi connectivity index (χ3v) is 6.53. The molecule has 1 unspecified atom stereocenters. The summed E-state index contributed by atoms with van der Waals surface area (Å²) in [6.45, 7) is 4.91. The smallest absolute Gasteiger partial charge is 0.236 e. The summed E-state index contributed by atoms with van der Waals surface area (Å²) in [5, 5.41) is 4.19. The minimum atomic E-state index is -0.162. The first-order valence-electron chi connectivity index (χ1n) is 9.04. The van der Waals surface area contributed by atoms with E-state index in [0.717, 1.165) is 16.6 Å². The highest BCUT2D eigenvalue weighted by Gasteiger charge is 2.27. The molecule has 0 bridgehead atoms. The number of amides is 1. The SMILES string of the molecule is CC(C)C1Cc2c(sc3nc(SCC(=O)Nc4ccccn4)nc(N)c23)CO1. The zero-order chi connectivity index (χ0) is 19.7. The number of nitrogens with one attached hydrogen (secondary N) is 1. The highest BCUT2D eigenvalue weighted by Crippen LogP contribution is 2.39. The number of fused-ring (bicyclic) bond motifs is 3. The number of nitrogens with zero attached hydrogens (tertiary/aromatic N) is 3. The Bertz CT molecular complexity index is 1010. The lowest BCUT2D eigenvalue weighted by Crippen LogP contribution is -2.26. The summed E-state index contributed by atoms with van der Waals surface area (Å²) in [5.74, 6) is 1.46. The second kappa shape index (κ2) is 8.02. The Morgan fingerprint density at radius 3 is 3.04 bits per heavy atom. The fourth-order valence-electron chi connectivity index (χ4n) is 3.13. The molecule has 0 aliphatic carbocycles. The summed E-state index contributed by atoms with van der Waals surface area (Å²) in [6, 6.07) is 5.36. The topological polar surface area (TPSA) is 103 Å². The molecule has 0 fully saturated rings. The van der Waals surface area contributed by atoms with E-state index in [1.54, 1.807) is 29.7 Å². The van der Waals surface area contributed by atoms with E-state index in [2.05, 4.69) is 34.1 Å². The van der Waals surface area contributed by atoms with Crippen LogP contribution in [-0.4, -0.2) is 32.7 Å². The van der Waals surface area contributed by atoms with Crippen molar-refractivity contribution in [1.29, 1.82) is 0 Å². The zero-order valence-electron chi connectivity index (χ0n) is 15.6. The number of anilines is 2. The van der Waals surface area contributed by atoms with E-state index in [1.807, 2.05) is 6.07 Å². The molecule has 3 aromatic heterocycles. The van der Waals surface area contributed by atoms with Gasteiger partial charge in [-0.2, -0.15) is 0 Å². The third-order valence-electron chi connectivity index (χ3n) is 4.58. The Balaban J connectivity index is 1.50. The van der Waals surface area contributed by atoms with Crippen LogP contribution in [-0.2, 0) is 22.6 Å². The second-order valence-electron chi connectivity index (χ2n) is 6.92. The number of nitrogen functional groups attached to an aromatic ring is 1. The first kappa shape index (κ1) is 19.1. The molecule has 28 heavy (non-hydrogen) atoms. The van der Waals surface area contributed by atoms with Crippen molar-refractivity contribution in [2.45, 2.75) is 38.1 Å². The lowest BCUT2D eigenvalue weighted by Gasteiger charge is -2.26. The van der Waals surface area contributed by atoms with Gasteiger partial charge in [0.1, 0.15) is 16.5 Å². The molecule has 0 radical (unpaired) electrons. The maximum atomic E-state index is 12.1. The number of thioether (sulfide) groups is 1. The van der Waals surface area contributed by atoms with Gasteiger partial charge in [-0.3, -0.25) is 4.79 Å². The first-order chi connectivity index (χ1) is 13.5. The van der Waals surface area contributed by atoms with Crippen LogP contribution >= 0.6 is 23.1 Å². The van der Waals surface area contributed by atoms with Gasteiger partial charge in [0.2, 0.25) is 5.91 Å². The minimum Gasteiger partial charge on any atom is -0.383 e. The van der Waals surface area contributed by atoms with Gasteiger partial charge >= 0.3 is 0 Å². The Morgan fingerprint density at radius 1 is 1.43 bits per heavy atom. The predicted molar refractivity (Wildman–Crippen MR) is 113 cm³/mol. The monoisotopic (exact) mass is 415 g/mol. The number of aromatic nitrogens is 3. The highest BCUT2D eigenvalue weighted by molar-refractivity contribution is 7.99. The normalized spacial score (nSPS) is 16.3. The molecule has 1 atom stereocenters. The van der Waals surface area contributed by atoms with Gasteiger partial charge in [-0.25, -0.2) is 15.0 Å². The molecule has 4 rings (SSSR count). The molecule has 3 N–H and O–H groups in total. The molecule has 1 aliphatic rings. The van der Waals surface area contributed by atoms with E-state index in [4.69, 9.17) is 10.5 Å². The molecule has 0 saturated carbocycles. The molecule has 1 amide bonds. The van der Waals surface area contributed by atoms with Crippen LogP contribution in [0.4, 0.5) is 11.6 Å². The number of ether oxygens (including phenoxy) is 1. The standard InChI is InChI=1S/C19H21N5O2S2/c1-10(2)12-7-11-13(8-26-12)28-18-16(11)17(20)23-19(24-18)27-9-15(25)22-14-5-3-4-6-21-14/h3-6,10,12H,7-9H2,1-2H3,(H2,20,23,24)(H,21,22,25). The number of hydrogen-bond acceptors (Lipinski definition) is 8. The number of thiophene rings is 1. The second-order valence-corrected chi connectivity index (χ2v) is 8.95. The van der Waals surface area contributed by atoms with Crippen LogP contribution in [0.15, 0.2) is 29.6 Å². The lowest BCUT2D eigenvalue weighted by atomic mass is 9.96. The molecule has 0 saturated heterocycles. The van der Waals surface area contributed by atoms with E-state index in [-0.39, 0.29) is 17.8 Å². The molecule has 9 heteroatoms. The average molecular weight is 416 g/mol. The van der Waals surface area contributed by atoms with Gasteiger partial charge in [0.15, 0.2) is 5.16 Å². The van der Waals surface area contributed by atoms with Crippen molar-refractivity contribution < 1.29 is 9.53 Å². The van der Waals surface area contributed by atoms with Gasteiger partial charge in [0.25, 0.3) is 0 Å². The quantitative estimate of drug-likeness (QED) is 0.485. The maximum absolute atomic E-state index is 12.1. The van der Waals surface area contributed by atoms with Gasteiger partial charge in [0, 0.05) is 17.5 Å². The lowest BCUT2D eigenvalue weighted by molar-refractivity contribution is -0.113. The fourth-order valence-corrected chi connectivity index (χ4v) is 4.97. The van der Waals surface area contributed by atoms with Crippen molar-refractivity contribution in [2.75, 3.05) is 16.8 Å². The van der Waals surface area contributed by atoms with Crippen LogP contribution in [0.1, 0.15) is 24.3 Å². The van der Waals surface area contributed by atoms with Gasteiger partial charge in [-0.1, -0.05) is 31.7 Å². The van der Waals surface area contributed by atoms with Crippen molar-refractivity contribution in [3.63, 3.8) is 0 Å². The summed E-state index contributed by atoms with van der Waals surface area (Å²) in [7, 11) is 0. The van der Waals surface area contributed by atoms with Gasteiger partial charge in [0.05, 0.1) is 23.8 Å². The molecule has 1 aliphatic heterocycles. The minimum absolute atomic E-state index is 0.162. The van der Waals surface area contributed by atoms with Crippen LogP contribution in [0.25, 0.3) is 10.2 Å². The number of carbonyl (C=O) groups excluding carboxylic acids is 1. The van der Waals surface area contributed by atoms with E-state index >= 15 is 0 Å². The summed E-state index contributed by atoms with van der Waals surface area (Å²) in [4.78, 5) is 27.3. The number of rotatable bonds is 5. The number of nitrogens with two attached hydrogens (primary N) is 1. The van der Waals surface area contributed by atoms with Crippen LogP contribution < -0.4 is 11.1 Å². The highest BCUT2D eigenvalue weighted by atomic mass is 32.2. The molecule has 3 aromatic rings. The van der Waals surface area contributed by atoms with Gasteiger partial charge in [-0.05, 0) is 23.6 Å². The number of hydrogen-bond donors (Lipinski definition) is 2. The molecule has 7 nitrogen and oxygen atoms in total. The largest absolute Gasteiger partial charge is 0.383 e. The van der Waals surface area contributed by atoms with Crippen molar-refractivity contribution in [3.8, 4) is 0 Å². The van der Waals surface area contributed by atoms with E-state index in [9.17, 15) is 4.79 Å².